The topological polar surface area (TPSA) is 62.8 Å². The van der Waals surface area contributed by atoms with E-state index < -0.39 is 0 Å². The average molecular weight is 376 g/mol. The first-order valence-electron chi connectivity index (χ1n) is 8.46. The van der Waals surface area contributed by atoms with Gasteiger partial charge in [-0.1, -0.05) is 11.6 Å². The smallest absolute Gasteiger partial charge is 0.322 e. The molecule has 6 nitrogen and oxygen atoms in total. The number of carbonyl (C=O) groups is 1. The summed E-state index contributed by atoms with van der Waals surface area (Å²) >= 11 is 5.89. The monoisotopic (exact) mass is 375 g/mol. The van der Waals surface area contributed by atoms with E-state index in [0.717, 1.165) is 23.7 Å². The maximum absolute atomic E-state index is 12.7. The molecular weight excluding hydrogens is 354 g/mol. The summed E-state index contributed by atoms with van der Waals surface area (Å²) in [5, 5.41) is 6.90. The van der Waals surface area contributed by atoms with Crippen molar-refractivity contribution in [2.45, 2.75) is 6.04 Å². The molecule has 1 unspecified atom stereocenters. The number of nitrogens with zero attached hydrogens (tertiary/aromatic N) is 1. The zero-order chi connectivity index (χ0) is 18.4. The molecule has 0 bridgehead atoms. The molecule has 0 spiro atoms. The quantitative estimate of drug-likeness (QED) is 0.842. The highest BCUT2D eigenvalue weighted by Crippen LogP contribution is 2.18. The minimum atomic E-state index is -0.138. The minimum Gasteiger partial charge on any atom is -0.497 e. The van der Waals surface area contributed by atoms with E-state index in [2.05, 4.69) is 10.6 Å². The number of halogens is 1. The van der Waals surface area contributed by atoms with Crippen LogP contribution in [0.1, 0.15) is 0 Å². The van der Waals surface area contributed by atoms with Gasteiger partial charge in [0.1, 0.15) is 18.1 Å². The van der Waals surface area contributed by atoms with Crippen molar-refractivity contribution >= 4 is 23.3 Å². The zero-order valence-electron chi connectivity index (χ0n) is 14.6. The van der Waals surface area contributed by atoms with Crippen molar-refractivity contribution in [3.63, 3.8) is 0 Å². The minimum absolute atomic E-state index is 0.0577. The van der Waals surface area contributed by atoms with Crippen molar-refractivity contribution < 1.29 is 14.3 Å². The van der Waals surface area contributed by atoms with Crippen molar-refractivity contribution in [1.29, 1.82) is 0 Å². The number of anilines is 1. The summed E-state index contributed by atoms with van der Waals surface area (Å²) in [5.74, 6) is 1.48. The number of urea groups is 1. The predicted molar refractivity (Wildman–Crippen MR) is 102 cm³/mol. The third kappa shape index (κ3) is 4.80. The molecule has 7 heteroatoms. The van der Waals surface area contributed by atoms with Gasteiger partial charge in [-0.25, -0.2) is 4.79 Å². The number of amides is 2. The van der Waals surface area contributed by atoms with Crippen LogP contribution in [0.4, 0.5) is 10.5 Å². The molecule has 2 N–H and O–H groups in total. The number of methoxy groups -OCH3 is 1. The Labute approximate surface area is 158 Å². The fourth-order valence-electron chi connectivity index (χ4n) is 2.77. The number of carbonyl (C=O) groups excluding carboxylic acids is 1. The lowest BCUT2D eigenvalue weighted by Gasteiger charge is -2.36. The van der Waals surface area contributed by atoms with E-state index in [0.29, 0.717) is 24.7 Å². The number of ether oxygens (including phenoxy) is 2. The van der Waals surface area contributed by atoms with Crippen LogP contribution < -0.4 is 20.1 Å². The first kappa shape index (κ1) is 18.4. The van der Waals surface area contributed by atoms with Crippen LogP contribution in [0.3, 0.4) is 0 Å². The normalized spacial score (nSPS) is 16.8. The molecule has 26 heavy (non-hydrogen) atoms. The van der Waals surface area contributed by atoms with E-state index in [1.165, 1.54) is 0 Å². The lowest BCUT2D eigenvalue weighted by atomic mass is 10.2. The van der Waals surface area contributed by atoms with Gasteiger partial charge in [0, 0.05) is 30.3 Å². The van der Waals surface area contributed by atoms with Crippen LogP contribution in [0.2, 0.25) is 5.02 Å². The molecule has 1 atom stereocenters. The Balaban J connectivity index is 1.59. The Morgan fingerprint density at radius 1 is 1.19 bits per heavy atom. The van der Waals surface area contributed by atoms with Crippen LogP contribution in [-0.4, -0.2) is 50.3 Å². The Morgan fingerprint density at radius 2 is 1.88 bits per heavy atom. The fourth-order valence-corrected chi connectivity index (χ4v) is 2.90. The molecule has 1 heterocycles. The maximum atomic E-state index is 12.7. The second kappa shape index (κ2) is 8.78. The van der Waals surface area contributed by atoms with Gasteiger partial charge < -0.3 is 25.0 Å². The molecule has 2 amide bonds. The van der Waals surface area contributed by atoms with E-state index in [4.69, 9.17) is 21.1 Å². The van der Waals surface area contributed by atoms with E-state index in [1.807, 2.05) is 36.4 Å². The van der Waals surface area contributed by atoms with Gasteiger partial charge >= 0.3 is 6.03 Å². The third-order valence-corrected chi connectivity index (χ3v) is 4.46. The zero-order valence-corrected chi connectivity index (χ0v) is 15.3. The molecule has 138 valence electrons. The molecule has 1 fully saturated rings. The molecule has 0 radical (unpaired) electrons. The molecule has 0 saturated carbocycles. The number of benzene rings is 2. The first-order valence-corrected chi connectivity index (χ1v) is 8.84. The molecule has 2 aromatic rings. The summed E-state index contributed by atoms with van der Waals surface area (Å²) in [6.45, 7) is 2.47. The van der Waals surface area contributed by atoms with Gasteiger partial charge in [0.25, 0.3) is 0 Å². The Hall–Kier alpha value is -2.44. The number of nitrogens with one attached hydrogen (secondary N) is 2. The largest absolute Gasteiger partial charge is 0.497 e. The number of hydrogen-bond acceptors (Lipinski definition) is 4. The first-order chi connectivity index (χ1) is 12.7. The van der Waals surface area contributed by atoms with Crippen molar-refractivity contribution in [2.24, 2.45) is 0 Å². The Bertz CT molecular complexity index is 722. The Kier molecular flexibility index (Phi) is 6.20. The number of rotatable bonds is 5. The van der Waals surface area contributed by atoms with E-state index >= 15 is 0 Å². The van der Waals surface area contributed by atoms with Crippen LogP contribution in [-0.2, 0) is 0 Å². The molecule has 1 saturated heterocycles. The van der Waals surface area contributed by atoms with Crippen LogP contribution in [0.15, 0.2) is 48.5 Å². The SMILES string of the molecule is COc1ccc(NC(=O)N2CCNCC2COc2ccc(Cl)cc2)cc1. The van der Waals surface area contributed by atoms with Crippen LogP contribution >= 0.6 is 11.6 Å². The molecule has 3 rings (SSSR count). The predicted octanol–water partition coefficient (Wildman–Crippen LogP) is 3.23. The fraction of sp³-hybridized carbons (Fsp3) is 0.316. The molecule has 0 aromatic heterocycles. The molecule has 1 aliphatic heterocycles. The highest BCUT2D eigenvalue weighted by molar-refractivity contribution is 6.30. The molecule has 0 aliphatic carbocycles. The van der Waals surface area contributed by atoms with Gasteiger partial charge in [-0.3, -0.25) is 0 Å². The molecule has 1 aliphatic rings. The van der Waals surface area contributed by atoms with Crippen molar-refractivity contribution in [1.82, 2.24) is 10.2 Å². The average Bonchev–Trinajstić information content (AvgIpc) is 2.68. The van der Waals surface area contributed by atoms with Crippen LogP contribution in [0, 0.1) is 0 Å². The summed E-state index contributed by atoms with van der Waals surface area (Å²) in [5.41, 5.74) is 0.728. The summed E-state index contributed by atoms with van der Waals surface area (Å²) in [6, 6.07) is 14.3. The van der Waals surface area contributed by atoms with Crippen LogP contribution in [0.5, 0.6) is 11.5 Å². The summed E-state index contributed by atoms with van der Waals surface area (Å²) in [7, 11) is 1.61. The van der Waals surface area contributed by atoms with Crippen molar-refractivity contribution in [2.75, 3.05) is 38.7 Å². The number of hydrogen-bond donors (Lipinski definition) is 2. The van der Waals surface area contributed by atoms with E-state index in [9.17, 15) is 4.79 Å². The van der Waals surface area contributed by atoms with Gasteiger partial charge in [0.15, 0.2) is 0 Å². The van der Waals surface area contributed by atoms with Crippen LogP contribution in [0.25, 0.3) is 0 Å². The Morgan fingerprint density at radius 3 is 2.58 bits per heavy atom. The van der Waals surface area contributed by atoms with E-state index in [1.54, 1.807) is 24.1 Å². The number of piperazine rings is 1. The van der Waals surface area contributed by atoms with Gasteiger partial charge in [-0.2, -0.15) is 0 Å². The summed E-state index contributed by atoms with van der Waals surface area (Å²) in [6.07, 6.45) is 0. The second-order valence-corrected chi connectivity index (χ2v) is 6.41. The lowest BCUT2D eigenvalue weighted by Crippen LogP contribution is -2.57. The summed E-state index contributed by atoms with van der Waals surface area (Å²) < 4.78 is 11.0. The summed E-state index contributed by atoms with van der Waals surface area (Å²) in [4.78, 5) is 14.5. The lowest BCUT2D eigenvalue weighted by molar-refractivity contribution is 0.133. The van der Waals surface area contributed by atoms with E-state index in [-0.39, 0.29) is 12.1 Å². The van der Waals surface area contributed by atoms with Gasteiger partial charge in [-0.15, -0.1) is 0 Å². The molecular formula is C19H22ClN3O3. The van der Waals surface area contributed by atoms with Gasteiger partial charge in [0.2, 0.25) is 0 Å². The van der Waals surface area contributed by atoms with Crippen molar-refractivity contribution in [3.8, 4) is 11.5 Å². The maximum Gasteiger partial charge on any atom is 0.322 e. The van der Waals surface area contributed by atoms with Gasteiger partial charge in [-0.05, 0) is 48.5 Å². The van der Waals surface area contributed by atoms with Gasteiger partial charge in [0.05, 0.1) is 13.2 Å². The molecule has 2 aromatic carbocycles. The van der Waals surface area contributed by atoms with Crippen molar-refractivity contribution in [3.05, 3.63) is 53.6 Å². The second-order valence-electron chi connectivity index (χ2n) is 5.97. The standard InChI is InChI=1S/C19H22ClN3O3/c1-25-17-8-4-15(5-9-17)22-19(24)23-11-10-21-12-16(23)13-26-18-6-2-14(20)3-7-18/h2-9,16,21H,10-13H2,1H3,(H,22,24). The highest BCUT2D eigenvalue weighted by atomic mass is 35.5. The highest BCUT2D eigenvalue weighted by Gasteiger charge is 2.27. The third-order valence-electron chi connectivity index (χ3n) is 4.21.